The molecule has 2 N–H and O–H groups in total. The highest BCUT2D eigenvalue weighted by Gasteiger charge is 2.18. The number of hydrogen-bond acceptors (Lipinski definition) is 4. The SMILES string of the molecule is CCNC(=NCC(C)N1CCN(C)CC1)NCCCOc1ccccc1.I. The molecule has 1 aromatic rings. The Bertz CT molecular complexity index is 520. The minimum absolute atomic E-state index is 0. The predicted octanol–water partition coefficient (Wildman–Crippen LogP) is 2.26. The van der Waals surface area contributed by atoms with Crippen molar-refractivity contribution in [3.63, 3.8) is 0 Å². The van der Waals surface area contributed by atoms with E-state index in [1.165, 1.54) is 0 Å². The van der Waals surface area contributed by atoms with E-state index in [1.54, 1.807) is 0 Å². The maximum atomic E-state index is 5.72. The van der Waals surface area contributed by atoms with Crippen molar-refractivity contribution in [3.05, 3.63) is 30.3 Å². The lowest BCUT2D eigenvalue weighted by atomic mass is 10.2. The van der Waals surface area contributed by atoms with Crippen molar-refractivity contribution in [3.8, 4) is 5.75 Å². The summed E-state index contributed by atoms with van der Waals surface area (Å²) in [6, 6.07) is 10.4. The van der Waals surface area contributed by atoms with Crippen LogP contribution in [0.25, 0.3) is 0 Å². The average Bonchev–Trinajstić information content (AvgIpc) is 2.67. The van der Waals surface area contributed by atoms with Crippen LogP contribution in [0.4, 0.5) is 0 Å². The standard InChI is InChI=1S/C20H35N5O.HI/c1-4-21-20(22-11-8-16-26-19-9-6-5-7-10-19)23-17-18(2)25-14-12-24(3)13-15-25;/h5-7,9-10,18H,4,8,11-17H2,1-3H3,(H2,21,22,23);1H. The van der Waals surface area contributed by atoms with Crippen LogP contribution < -0.4 is 15.4 Å². The molecule has 1 fully saturated rings. The Hall–Kier alpha value is -1.06. The number of likely N-dealkylation sites (N-methyl/N-ethyl adjacent to an activating group) is 1. The third-order valence-corrected chi connectivity index (χ3v) is 4.64. The Morgan fingerprint density at radius 2 is 1.85 bits per heavy atom. The van der Waals surface area contributed by atoms with Gasteiger partial charge in [-0.25, -0.2) is 0 Å². The monoisotopic (exact) mass is 489 g/mol. The highest BCUT2D eigenvalue weighted by Crippen LogP contribution is 2.08. The topological polar surface area (TPSA) is 52.1 Å². The molecule has 0 aromatic heterocycles. The summed E-state index contributed by atoms with van der Waals surface area (Å²) in [5, 5.41) is 6.73. The molecule has 2 rings (SSSR count). The summed E-state index contributed by atoms with van der Waals surface area (Å²) in [6.45, 7) is 12.2. The number of guanidine groups is 1. The molecular formula is C20H36IN5O. The summed E-state index contributed by atoms with van der Waals surface area (Å²) < 4.78 is 5.72. The van der Waals surface area contributed by atoms with E-state index in [9.17, 15) is 0 Å². The summed E-state index contributed by atoms with van der Waals surface area (Å²) in [5.74, 6) is 1.82. The zero-order valence-electron chi connectivity index (χ0n) is 17.0. The minimum atomic E-state index is 0. The van der Waals surface area contributed by atoms with Crippen LogP contribution in [-0.2, 0) is 0 Å². The van der Waals surface area contributed by atoms with E-state index >= 15 is 0 Å². The van der Waals surface area contributed by atoms with Gasteiger partial charge in [0.2, 0.25) is 0 Å². The summed E-state index contributed by atoms with van der Waals surface area (Å²) >= 11 is 0. The molecule has 1 heterocycles. The van der Waals surface area contributed by atoms with Gasteiger partial charge in [-0.15, -0.1) is 24.0 Å². The van der Waals surface area contributed by atoms with Crippen molar-refractivity contribution >= 4 is 29.9 Å². The average molecular weight is 489 g/mol. The Labute approximate surface area is 181 Å². The second-order valence-corrected chi connectivity index (χ2v) is 6.85. The number of hydrogen-bond donors (Lipinski definition) is 2. The number of para-hydroxylation sites is 1. The van der Waals surface area contributed by atoms with Gasteiger partial charge in [-0.05, 0) is 39.4 Å². The molecule has 7 heteroatoms. The van der Waals surface area contributed by atoms with Gasteiger partial charge in [0.25, 0.3) is 0 Å². The first-order chi connectivity index (χ1) is 12.7. The van der Waals surface area contributed by atoms with Crippen LogP contribution in [0.3, 0.4) is 0 Å². The van der Waals surface area contributed by atoms with Gasteiger partial charge in [0.05, 0.1) is 13.2 Å². The Morgan fingerprint density at radius 3 is 2.52 bits per heavy atom. The van der Waals surface area contributed by atoms with Gasteiger partial charge in [-0.1, -0.05) is 18.2 Å². The molecule has 1 aliphatic heterocycles. The molecule has 1 aliphatic rings. The Kier molecular flexibility index (Phi) is 12.4. The van der Waals surface area contributed by atoms with Gasteiger partial charge < -0.3 is 20.3 Å². The van der Waals surface area contributed by atoms with Crippen LogP contribution in [0.1, 0.15) is 20.3 Å². The second kappa shape index (κ2) is 14.0. The van der Waals surface area contributed by atoms with Gasteiger partial charge in [0, 0.05) is 45.3 Å². The van der Waals surface area contributed by atoms with Gasteiger partial charge in [-0.2, -0.15) is 0 Å². The van der Waals surface area contributed by atoms with Gasteiger partial charge >= 0.3 is 0 Å². The highest BCUT2D eigenvalue weighted by atomic mass is 127. The van der Waals surface area contributed by atoms with Crippen molar-refractivity contribution < 1.29 is 4.74 Å². The van der Waals surface area contributed by atoms with E-state index in [1.807, 2.05) is 30.3 Å². The number of ether oxygens (including phenoxy) is 1. The summed E-state index contributed by atoms with van der Waals surface area (Å²) in [7, 11) is 2.19. The number of rotatable bonds is 9. The first-order valence-corrected chi connectivity index (χ1v) is 9.81. The van der Waals surface area contributed by atoms with E-state index in [4.69, 9.17) is 9.73 Å². The number of piperazine rings is 1. The quantitative estimate of drug-likeness (QED) is 0.241. The minimum Gasteiger partial charge on any atom is -0.494 e. The van der Waals surface area contributed by atoms with E-state index in [-0.39, 0.29) is 24.0 Å². The van der Waals surface area contributed by atoms with Crippen LogP contribution in [0, 0.1) is 0 Å². The summed E-state index contributed by atoms with van der Waals surface area (Å²) in [4.78, 5) is 9.67. The molecule has 6 nitrogen and oxygen atoms in total. The molecule has 1 atom stereocenters. The second-order valence-electron chi connectivity index (χ2n) is 6.85. The summed E-state index contributed by atoms with van der Waals surface area (Å²) in [5.41, 5.74) is 0. The van der Waals surface area contributed by atoms with E-state index in [0.717, 1.165) is 63.9 Å². The van der Waals surface area contributed by atoms with E-state index in [2.05, 4.69) is 41.3 Å². The van der Waals surface area contributed by atoms with Crippen LogP contribution in [0.2, 0.25) is 0 Å². The van der Waals surface area contributed by atoms with Crippen LogP contribution in [0.15, 0.2) is 35.3 Å². The van der Waals surface area contributed by atoms with Crippen molar-refractivity contribution in [2.24, 2.45) is 4.99 Å². The summed E-state index contributed by atoms with van der Waals surface area (Å²) in [6.07, 6.45) is 0.938. The normalized spacial score (nSPS) is 17.1. The van der Waals surface area contributed by atoms with E-state index in [0.29, 0.717) is 12.6 Å². The van der Waals surface area contributed by atoms with Crippen LogP contribution >= 0.6 is 24.0 Å². The van der Waals surface area contributed by atoms with Crippen molar-refractivity contribution in [2.75, 3.05) is 59.5 Å². The van der Waals surface area contributed by atoms with Crippen LogP contribution in [-0.4, -0.2) is 81.3 Å². The first-order valence-electron chi connectivity index (χ1n) is 9.81. The molecule has 0 aliphatic carbocycles. The zero-order chi connectivity index (χ0) is 18.6. The Balaban J connectivity index is 0.00000364. The fourth-order valence-electron chi connectivity index (χ4n) is 2.93. The molecule has 1 unspecified atom stereocenters. The van der Waals surface area contributed by atoms with Crippen LogP contribution in [0.5, 0.6) is 5.75 Å². The van der Waals surface area contributed by atoms with Gasteiger partial charge in [0.15, 0.2) is 5.96 Å². The lowest BCUT2D eigenvalue weighted by molar-refractivity contribution is 0.122. The Morgan fingerprint density at radius 1 is 1.15 bits per heavy atom. The van der Waals surface area contributed by atoms with Crippen molar-refractivity contribution in [2.45, 2.75) is 26.3 Å². The predicted molar refractivity (Wildman–Crippen MR) is 124 cm³/mol. The van der Waals surface area contributed by atoms with Gasteiger partial charge in [-0.3, -0.25) is 9.89 Å². The fourth-order valence-corrected chi connectivity index (χ4v) is 2.93. The maximum absolute atomic E-state index is 5.72. The number of halogens is 1. The van der Waals surface area contributed by atoms with Gasteiger partial charge in [0.1, 0.15) is 5.75 Å². The molecule has 0 bridgehead atoms. The van der Waals surface area contributed by atoms with Crippen molar-refractivity contribution in [1.82, 2.24) is 20.4 Å². The molecule has 0 saturated carbocycles. The number of nitrogens with zero attached hydrogens (tertiary/aromatic N) is 3. The zero-order valence-corrected chi connectivity index (χ0v) is 19.3. The largest absolute Gasteiger partial charge is 0.494 e. The third kappa shape index (κ3) is 9.62. The van der Waals surface area contributed by atoms with Crippen molar-refractivity contribution in [1.29, 1.82) is 0 Å². The van der Waals surface area contributed by atoms with E-state index < -0.39 is 0 Å². The molecule has 1 saturated heterocycles. The smallest absolute Gasteiger partial charge is 0.191 e. The molecule has 0 radical (unpaired) electrons. The molecular weight excluding hydrogens is 453 g/mol. The number of nitrogens with one attached hydrogen (secondary N) is 2. The lowest BCUT2D eigenvalue weighted by Crippen LogP contribution is -2.49. The third-order valence-electron chi connectivity index (χ3n) is 4.64. The number of aliphatic imine (C=N–C) groups is 1. The molecule has 27 heavy (non-hydrogen) atoms. The highest BCUT2D eigenvalue weighted by molar-refractivity contribution is 14.0. The number of benzene rings is 1. The first kappa shape index (κ1) is 24.0. The molecule has 0 spiro atoms. The lowest BCUT2D eigenvalue weighted by Gasteiger charge is -2.35. The maximum Gasteiger partial charge on any atom is 0.191 e. The molecule has 1 aromatic carbocycles. The molecule has 154 valence electrons. The molecule has 0 amide bonds. The fraction of sp³-hybridized carbons (Fsp3) is 0.650.